The number of carbonyl (C=O) groups excluding carboxylic acids is 1. The second kappa shape index (κ2) is 10.8. The van der Waals surface area contributed by atoms with Gasteiger partial charge in [0.15, 0.2) is 0 Å². The van der Waals surface area contributed by atoms with Crippen molar-refractivity contribution in [3.63, 3.8) is 0 Å². The molecule has 23 heavy (non-hydrogen) atoms. The van der Waals surface area contributed by atoms with Crippen LogP contribution in [0.2, 0.25) is 0 Å². The Hall–Kier alpha value is -1.80. The van der Waals surface area contributed by atoms with Gasteiger partial charge < -0.3 is 15.4 Å². The van der Waals surface area contributed by atoms with Gasteiger partial charge in [-0.3, -0.25) is 14.9 Å². The molecule has 0 radical (unpaired) electrons. The summed E-state index contributed by atoms with van der Waals surface area (Å²) >= 11 is 1.96. The van der Waals surface area contributed by atoms with Crippen LogP contribution < -0.4 is 10.6 Å². The predicted octanol–water partition coefficient (Wildman–Crippen LogP) is 2.98. The van der Waals surface area contributed by atoms with Crippen molar-refractivity contribution in [2.45, 2.75) is 12.8 Å². The maximum absolute atomic E-state index is 11.1. The number of nitrogens with zero attached hydrogens (tertiary/aromatic N) is 1. The fraction of sp³-hybridized carbons (Fsp3) is 0.533. The fourth-order valence-electron chi connectivity index (χ4n) is 2.19. The lowest BCUT2D eigenvalue weighted by molar-refractivity contribution is -0.383. The zero-order valence-electron chi connectivity index (χ0n) is 13.4. The molecule has 1 heterocycles. The van der Waals surface area contributed by atoms with Crippen LogP contribution >= 0.6 is 11.8 Å². The molecule has 2 rings (SSSR count). The molecule has 2 N–H and O–H groups in total. The van der Waals surface area contributed by atoms with Gasteiger partial charge in [-0.1, -0.05) is 0 Å². The number of nitrogens with one attached hydrogen (secondary N) is 2. The Kier molecular flexibility index (Phi) is 9.08. The summed E-state index contributed by atoms with van der Waals surface area (Å²) < 4.78 is 4.25. The molecule has 0 atom stereocenters. The summed E-state index contributed by atoms with van der Waals surface area (Å²) in [6.07, 6.45) is 2.80. The number of hydrogen-bond donors (Lipinski definition) is 2. The highest BCUT2D eigenvalue weighted by atomic mass is 32.2. The second-order valence-electron chi connectivity index (χ2n) is 5.10. The van der Waals surface area contributed by atoms with Gasteiger partial charge in [0.1, 0.15) is 5.69 Å². The van der Waals surface area contributed by atoms with E-state index in [4.69, 9.17) is 0 Å². The molecule has 128 valence electrons. The first kappa shape index (κ1) is 19.2. The molecule has 7 nitrogen and oxygen atoms in total. The van der Waals surface area contributed by atoms with Crippen LogP contribution in [-0.2, 0) is 9.53 Å². The van der Waals surface area contributed by atoms with Crippen LogP contribution in [0, 0.1) is 16.0 Å². The van der Waals surface area contributed by atoms with Crippen molar-refractivity contribution >= 4 is 35.2 Å². The van der Waals surface area contributed by atoms with E-state index < -0.39 is 4.92 Å². The van der Waals surface area contributed by atoms with Crippen LogP contribution in [0.1, 0.15) is 12.8 Å². The molecule has 0 saturated carbocycles. The van der Waals surface area contributed by atoms with E-state index in [9.17, 15) is 14.9 Å². The van der Waals surface area contributed by atoms with E-state index in [0.29, 0.717) is 23.7 Å². The molecule has 0 spiro atoms. The number of rotatable bonds is 6. The molecule has 1 fully saturated rings. The average Bonchev–Trinajstić information content (AvgIpc) is 2.55. The number of ether oxygens (including phenoxy) is 1. The number of carbonyl (C=O) groups is 1. The quantitative estimate of drug-likeness (QED) is 0.469. The van der Waals surface area contributed by atoms with E-state index in [1.165, 1.54) is 6.07 Å². The van der Waals surface area contributed by atoms with Crippen molar-refractivity contribution in [3.8, 4) is 0 Å². The number of amides is 1. The predicted molar refractivity (Wildman–Crippen MR) is 94.3 cm³/mol. The number of hydrogen-bond acceptors (Lipinski definition) is 6. The minimum Gasteiger partial charge on any atom is -0.388 e. The average molecular weight is 341 g/mol. The SMILES string of the molecule is COC.O=CNc1ccc(NCC2CCSCC2)c([N+](=O)[O-])c1. The maximum atomic E-state index is 11.1. The lowest BCUT2D eigenvalue weighted by Crippen LogP contribution is -2.19. The van der Waals surface area contributed by atoms with E-state index in [-0.39, 0.29) is 5.69 Å². The Morgan fingerprint density at radius 2 is 2.04 bits per heavy atom. The summed E-state index contributed by atoms with van der Waals surface area (Å²) in [4.78, 5) is 21.0. The van der Waals surface area contributed by atoms with E-state index >= 15 is 0 Å². The maximum Gasteiger partial charge on any atom is 0.294 e. The molecule has 0 aliphatic carbocycles. The summed E-state index contributed by atoms with van der Waals surface area (Å²) in [7, 11) is 3.25. The number of thioether (sulfide) groups is 1. The summed E-state index contributed by atoms with van der Waals surface area (Å²) in [5.41, 5.74) is 0.915. The van der Waals surface area contributed by atoms with Gasteiger partial charge in [0, 0.05) is 32.5 Å². The van der Waals surface area contributed by atoms with Crippen molar-refractivity contribution in [1.29, 1.82) is 0 Å². The number of anilines is 2. The van der Waals surface area contributed by atoms with E-state index in [0.717, 1.165) is 30.9 Å². The van der Waals surface area contributed by atoms with Crippen LogP contribution in [0.4, 0.5) is 17.1 Å². The normalized spacial score (nSPS) is 14.3. The summed E-state index contributed by atoms with van der Waals surface area (Å²) in [5.74, 6) is 2.90. The zero-order valence-corrected chi connectivity index (χ0v) is 14.2. The Labute approximate surface area is 140 Å². The van der Waals surface area contributed by atoms with Crippen molar-refractivity contribution in [2.24, 2.45) is 5.92 Å². The topological polar surface area (TPSA) is 93.5 Å². The van der Waals surface area contributed by atoms with Crippen LogP contribution in [0.15, 0.2) is 18.2 Å². The van der Waals surface area contributed by atoms with E-state index in [1.54, 1.807) is 26.4 Å². The highest BCUT2D eigenvalue weighted by Crippen LogP contribution is 2.29. The number of methoxy groups -OCH3 is 1. The van der Waals surface area contributed by atoms with Crippen molar-refractivity contribution in [1.82, 2.24) is 0 Å². The minimum atomic E-state index is -0.435. The Bertz CT molecular complexity index is 507. The highest BCUT2D eigenvalue weighted by molar-refractivity contribution is 7.99. The lowest BCUT2D eigenvalue weighted by atomic mass is 10.0. The molecule has 1 amide bonds. The van der Waals surface area contributed by atoms with Crippen molar-refractivity contribution < 1.29 is 14.5 Å². The van der Waals surface area contributed by atoms with Gasteiger partial charge in [0.2, 0.25) is 6.41 Å². The molecule has 0 unspecified atom stereocenters. The Balaban J connectivity index is 0.000000816. The first-order valence-electron chi connectivity index (χ1n) is 7.32. The molecule has 0 bridgehead atoms. The van der Waals surface area contributed by atoms with Gasteiger partial charge >= 0.3 is 0 Å². The van der Waals surface area contributed by atoms with E-state index in [2.05, 4.69) is 15.4 Å². The second-order valence-corrected chi connectivity index (χ2v) is 6.32. The van der Waals surface area contributed by atoms with E-state index in [1.807, 2.05) is 11.8 Å². The summed E-state index contributed by atoms with van der Waals surface area (Å²) in [5, 5.41) is 16.7. The lowest BCUT2D eigenvalue weighted by Gasteiger charge is -2.22. The van der Waals surface area contributed by atoms with Crippen LogP contribution in [0.25, 0.3) is 0 Å². The van der Waals surface area contributed by atoms with Crippen molar-refractivity contribution in [2.75, 3.05) is 42.9 Å². The molecule has 8 heteroatoms. The molecule has 1 aliphatic rings. The van der Waals surface area contributed by atoms with Crippen molar-refractivity contribution in [3.05, 3.63) is 28.3 Å². The molecule has 1 aliphatic heterocycles. The standard InChI is InChI=1S/C13H17N3O3S.C2H6O/c17-9-15-11-1-2-12(13(7-11)16(18)19)14-8-10-3-5-20-6-4-10;1-3-2/h1-2,7,9-10,14H,3-6,8H2,(H,15,17);1-2H3. The monoisotopic (exact) mass is 341 g/mol. The summed E-state index contributed by atoms with van der Waals surface area (Å²) in [6, 6.07) is 4.66. The van der Waals surface area contributed by atoms with Gasteiger partial charge in [-0.25, -0.2) is 0 Å². The molecule has 1 aromatic rings. The number of nitro groups is 1. The zero-order chi connectivity index (χ0) is 17.1. The smallest absolute Gasteiger partial charge is 0.294 e. The molecule has 1 aromatic carbocycles. The molecular formula is C15H23N3O4S. The van der Waals surface area contributed by atoms with Gasteiger partial charge in [0.05, 0.1) is 4.92 Å². The van der Waals surface area contributed by atoms with Gasteiger partial charge in [-0.2, -0.15) is 11.8 Å². The molecular weight excluding hydrogens is 318 g/mol. The first-order valence-corrected chi connectivity index (χ1v) is 8.48. The Morgan fingerprint density at radius 1 is 1.39 bits per heavy atom. The number of benzene rings is 1. The largest absolute Gasteiger partial charge is 0.388 e. The first-order chi connectivity index (χ1) is 11.1. The third-order valence-electron chi connectivity index (χ3n) is 3.34. The molecule has 0 aromatic heterocycles. The van der Waals surface area contributed by atoms with Gasteiger partial charge in [0.25, 0.3) is 5.69 Å². The third kappa shape index (κ3) is 6.87. The number of nitro benzene ring substituents is 1. The van der Waals surface area contributed by atoms with Crippen LogP contribution in [-0.4, -0.2) is 43.6 Å². The van der Waals surface area contributed by atoms with Gasteiger partial charge in [-0.05, 0) is 42.4 Å². The fourth-order valence-corrected chi connectivity index (χ4v) is 3.40. The molecule has 1 saturated heterocycles. The van der Waals surface area contributed by atoms with Crippen LogP contribution in [0.5, 0.6) is 0 Å². The summed E-state index contributed by atoms with van der Waals surface area (Å²) in [6.45, 7) is 0.752. The minimum absolute atomic E-state index is 0.0120. The Morgan fingerprint density at radius 3 is 2.61 bits per heavy atom. The van der Waals surface area contributed by atoms with Gasteiger partial charge in [-0.15, -0.1) is 0 Å². The highest BCUT2D eigenvalue weighted by Gasteiger charge is 2.17. The van der Waals surface area contributed by atoms with Crippen LogP contribution in [0.3, 0.4) is 0 Å². The third-order valence-corrected chi connectivity index (χ3v) is 4.39.